The Balaban J connectivity index is 1.70. The minimum Gasteiger partial charge on any atom is -0.452 e. The maximum atomic E-state index is 13.1. The van der Waals surface area contributed by atoms with E-state index in [1.54, 1.807) is 32.0 Å². The third kappa shape index (κ3) is 4.58. The zero-order valence-electron chi connectivity index (χ0n) is 15.5. The predicted molar refractivity (Wildman–Crippen MR) is 108 cm³/mol. The number of anilines is 1. The molecule has 1 amide bonds. The number of hydrogen-bond donors (Lipinski definition) is 1. The van der Waals surface area contributed by atoms with Crippen molar-refractivity contribution in [2.24, 2.45) is 0 Å². The van der Waals surface area contributed by atoms with Gasteiger partial charge in [-0.2, -0.15) is 5.10 Å². The highest BCUT2D eigenvalue weighted by Gasteiger charge is 2.23. The van der Waals surface area contributed by atoms with Crippen LogP contribution in [0.1, 0.15) is 21.6 Å². The number of esters is 1. The summed E-state index contributed by atoms with van der Waals surface area (Å²) in [6.45, 7) is 2.83. The number of amides is 1. The molecule has 0 spiro atoms. The average Bonchev–Trinajstić information content (AvgIpc) is 2.98. The number of carbonyl (C=O) groups excluding carboxylic acids is 2. The first-order chi connectivity index (χ1) is 13.8. The van der Waals surface area contributed by atoms with Gasteiger partial charge in [0.15, 0.2) is 6.61 Å². The van der Waals surface area contributed by atoms with Crippen molar-refractivity contribution in [2.45, 2.75) is 13.8 Å². The number of halogens is 3. The van der Waals surface area contributed by atoms with Gasteiger partial charge >= 0.3 is 5.97 Å². The van der Waals surface area contributed by atoms with Crippen molar-refractivity contribution >= 4 is 40.8 Å². The molecule has 29 heavy (non-hydrogen) atoms. The Kier molecular flexibility index (Phi) is 6.20. The molecule has 0 fully saturated rings. The fraction of sp³-hybridized carbons (Fsp3) is 0.150. The van der Waals surface area contributed by atoms with E-state index in [4.69, 9.17) is 27.9 Å². The number of ether oxygens (including phenoxy) is 1. The van der Waals surface area contributed by atoms with Crippen LogP contribution in [0, 0.1) is 19.7 Å². The summed E-state index contributed by atoms with van der Waals surface area (Å²) in [5.41, 5.74) is 2.05. The molecule has 3 aromatic rings. The van der Waals surface area contributed by atoms with Crippen molar-refractivity contribution in [1.82, 2.24) is 9.78 Å². The standard InChI is InChI=1S/C20H16Cl2FN3O3/c1-11-15(21)4-3-5-16(11)24-17(27)10-29-20(28)18-12(2)25-26(19(18)22)14-8-6-13(23)7-9-14/h3-9H,10H2,1-2H3,(H,24,27). The fourth-order valence-corrected chi connectivity index (χ4v) is 3.14. The van der Waals surface area contributed by atoms with E-state index >= 15 is 0 Å². The van der Waals surface area contributed by atoms with Gasteiger partial charge in [0.05, 0.1) is 11.4 Å². The molecule has 9 heteroatoms. The van der Waals surface area contributed by atoms with Gasteiger partial charge in [-0.15, -0.1) is 0 Å². The molecule has 1 N–H and O–H groups in total. The van der Waals surface area contributed by atoms with E-state index in [1.807, 2.05) is 0 Å². The van der Waals surface area contributed by atoms with Crippen LogP contribution in [0.15, 0.2) is 42.5 Å². The molecule has 0 atom stereocenters. The maximum Gasteiger partial charge on any atom is 0.343 e. The molecule has 0 aliphatic rings. The number of hydrogen-bond acceptors (Lipinski definition) is 4. The Bertz CT molecular complexity index is 1080. The van der Waals surface area contributed by atoms with Crippen molar-refractivity contribution in [3.05, 3.63) is 75.3 Å². The summed E-state index contributed by atoms with van der Waals surface area (Å²) in [5, 5.41) is 7.34. The van der Waals surface area contributed by atoms with Crippen LogP contribution in [0.25, 0.3) is 5.69 Å². The van der Waals surface area contributed by atoms with E-state index in [9.17, 15) is 14.0 Å². The first-order valence-corrected chi connectivity index (χ1v) is 9.26. The number of aromatic nitrogens is 2. The molecular formula is C20H16Cl2FN3O3. The van der Waals surface area contributed by atoms with E-state index in [2.05, 4.69) is 10.4 Å². The molecule has 2 aromatic carbocycles. The molecule has 0 saturated heterocycles. The molecule has 1 aromatic heterocycles. The van der Waals surface area contributed by atoms with Crippen LogP contribution in [0.2, 0.25) is 10.2 Å². The predicted octanol–water partition coefficient (Wildman–Crippen LogP) is 4.73. The molecule has 0 unspecified atom stereocenters. The minimum atomic E-state index is -0.793. The lowest BCUT2D eigenvalue weighted by Crippen LogP contribution is -2.21. The first-order valence-electron chi connectivity index (χ1n) is 8.51. The van der Waals surface area contributed by atoms with E-state index in [0.717, 1.165) is 0 Å². The molecule has 3 rings (SSSR count). The zero-order chi connectivity index (χ0) is 21.1. The summed E-state index contributed by atoms with van der Waals surface area (Å²) in [7, 11) is 0. The van der Waals surface area contributed by atoms with Crippen molar-refractivity contribution in [1.29, 1.82) is 0 Å². The molecule has 1 heterocycles. The van der Waals surface area contributed by atoms with Gasteiger partial charge in [0.2, 0.25) is 0 Å². The summed E-state index contributed by atoms with van der Waals surface area (Å²) in [6, 6.07) is 10.5. The lowest BCUT2D eigenvalue weighted by Gasteiger charge is -2.10. The Morgan fingerprint density at radius 2 is 1.83 bits per heavy atom. The van der Waals surface area contributed by atoms with Gasteiger partial charge in [-0.3, -0.25) is 4.79 Å². The first kappa shape index (κ1) is 20.8. The van der Waals surface area contributed by atoms with Gasteiger partial charge in [-0.1, -0.05) is 29.3 Å². The fourth-order valence-electron chi connectivity index (χ4n) is 2.62. The highest BCUT2D eigenvalue weighted by molar-refractivity contribution is 6.33. The molecule has 0 aliphatic carbocycles. The Hall–Kier alpha value is -2.90. The molecular weight excluding hydrogens is 420 g/mol. The highest BCUT2D eigenvalue weighted by atomic mass is 35.5. The van der Waals surface area contributed by atoms with Crippen LogP contribution in [0.4, 0.5) is 10.1 Å². The molecule has 6 nitrogen and oxygen atoms in total. The van der Waals surface area contributed by atoms with E-state index in [-0.39, 0.29) is 10.7 Å². The Morgan fingerprint density at radius 1 is 1.14 bits per heavy atom. The monoisotopic (exact) mass is 435 g/mol. The lowest BCUT2D eigenvalue weighted by molar-refractivity contribution is -0.119. The number of benzene rings is 2. The van der Waals surface area contributed by atoms with Crippen LogP contribution >= 0.6 is 23.2 Å². The third-order valence-electron chi connectivity index (χ3n) is 4.16. The number of aryl methyl sites for hydroxylation is 1. The smallest absolute Gasteiger partial charge is 0.343 e. The molecule has 150 valence electrons. The second-order valence-corrected chi connectivity index (χ2v) is 6.94. The van der Waals surface area contributed by atoms with Gasteiger partial charge in [-0.05, 0) is 55.8 Å². The summed E-state index contributed by atoms with van der Waals surface area (Å²) >= 11 is 12.3. The average molecular weight is 436 g/mol. The summed E-state index contributed by atoms with van der Waals surface area (Å²) < 4.78 is 19.5. The van der Waals surface area contributed by atoms with Crippen molar-refractivity contribution < 1.29 is 18.7 Å². The highest BCUT2D eigenvalue weighted by Crippen LogP contribution is 2.25. The van der Waals surface area contributed by atoms with Gasteiger partial charge in [0.1, 0.15) is 16.5 Å². The summed E-state index contributed by atoms with van der Waals surface area (Å²) in [6.07, 6.45) is 0. The van der Waals surface area contributed by atoms with E-state index in [1.165, 1.54) is 28.9 Å². The van der Waals surface area contributed by atoms with Gasteiger partial charge < -0.3 is 10.1 Å². The Labute approximate surface area is 176 Å². The number of nitrogens with one attached hydrogen (secondary N) is 1. The van der Waals surface area contributed by atoms with Gasteiger partial charge in [0.25, 0.3) is 5.91 Å². The third-order valence-corrected chi connectivity index (χ3v) is 4.91. The van der Waals surface area contributed by atoms with Crippen LogP contribution in [0.3, 0.4) is 0 Å². The normalized spacial score (nSPS) is 10.7. The number of carbonyl (C=O) groups is 2. The van der Waals surface area contributed by atoms with Crippen molar-refractivity contribution in [2.75, 3.05) is 11.9 Å². The van der Waals surface area contributed by atoms with E-state index < -0.39 is 24.3 Å². The quantitative estimate of drug-likeness (QED) is 0.587. The summed E-state index contributed by atoms with van der Waals surface area (Å²) in [4.78, 5) is 24.6. The SMILES string of the molecule is Cc1nn(-c2ccc(F)cc2)c(Cl)c1C(=O)OCC(=O)Nc1cccc(Cl)c1C. The van der Waals surface area contributed by atoms with Gasteiger partial charge in [0, 0.05) is 10.7 Å². The topological polar surface area (TPSA) is 73.2 Å². The van der Waals surface area contributed by atoms with Crippen molar-refractivity contribution in [3.63, 3.8) is 0 Å². The maximum absolute atomic E-state index is 13.1. The second kappa shape index (κ2) is 8.63. The lowest BCUT2D eigenvalue weighted by atomic mass is 10.2. The molecule has 0 saturated carbocycles. The van der Waals surface area contributed by atoms with Gasteiger partial charge in [-0.25, -0.2) is 13.9 Å². The Morgan fingerprint density at radius 3 is 2.52 bits per heavy atom. The van der Waals surface area contributed by atoms with Crippen LogP contribution < -0.4 is 5.32 Å². The number of nitrogens with zero attached hydrogens (tertiary/aromatic N) is 2. The molecule has 0 aliphatic heterocycles. The summed E-state index contributed by atoms with van der Waals surface area (Å²) in [5.74, 6) is -1.73. The minimum absolute atomic E-state index is 0.00482. The number of rotatable bonds is 5. The van der Waals surface area contributed by atoms with Crippen molar-refractivity contribution in [3.8, 4) is 5.69 Å². The molecule has 0 bridgehead atoms. The van der Waals surface area contributed by atoms with Crippen LogP contribution in [-0.2, 0) is 9.53 Å². The largest absolute Gasteiger partial charge is 0.452 e. The van der Waals surface area contributed by atoms with Crippen LogP contribution in [-0.4, -0.2) is 28.3 Å². The second-order valence-electron chi connectivity index (χ2n) is 6.18. The van der Waals surface area contributed by atoms with Crippen LogP contribution in [0.5, 0.6) is 0 Å². The molecule has 0 radical (unpaired) electrons. The zero-order valence-corrected chi connectivity index (χ0v) is 17.0. The van der Waals surface area contributed by atoms with E-state index in [0.29, 0.717) is 27.7 Å².